The van der Waals surface area contributed by atoms with Crippen LogP contribution in [-0.4, -0.2) is 26.1 Å². The zero-order valence-electron chi connectivity index (χ0n) is 15.0. The third kappa shape index (κ3) is 2.78. The van der Waals surface area contributed by atoms with E-state index in [4.69, 9.17) is 12.2 Å². The van der Waals surface area contributed by atoms with Crippen molar-refractivity contribution in [3.8, 4) is 5.69 Å². The molecule has 5 heteroatoms. The van der Waals surface area contributed by atoms with E-state index in [1.165, 1.54) is 17.1 Å². The molecule has 132 valence electrons. The van der Waals surface area contributed by atoms with Crippen LogP contribution in [0.5, 0.6) is 0 Å². The van der Waals surface area contributed by atoms with Crippen LogP contribution >= 0.6 is 12.2 Å². The van der Waals surface area contributed by atoms with E-state index in [9.17, 15) is 0 Å². The van der Waals surface area contributed by atoms with E-state index >= 15 is 0 Å². The average Bonchev–Trinajstić information content (AvgIpc) is 3.22. The number of hydrogen-bond donors (Lipinski definition) is 1. The Morgan fingerprint density at radius 1 is 1.04 bits per heavy atom. The largest absolute Gasteiger partial charge is 0.352 e. The lowest BCUT2D eigenvalue weighted by Crippen LogP contribution is -2.30. The van der Waals surface area contributed by atoms with E-state index in [0.717, 1.165) is 17.4 Å². The number of aromatic nitrogens is 2. The van der Waals surface area contributed by atoms with E-state index in [1.54, 1.807) is 0 Å². The smallest absolute Gasteiger partial charge is 0.170 e. The third-order valence-corrected chi connectivity index (χ3v) is 5.31. The minimum absolute atomic E-state index is 0.0282. The highest BCUT2D eigenvalue weighted by atomic mass is 32.1. The monoisotopic (exact) mass is 362 g/mol. The zero-order chi connectivity index (χ0) is 18.1. The Labute approximate surface area is 159 Å². The molecule has 1 N–H and O–H groups in total. The summed E-state index contributed by atoms with van der Waals surface area (Å²) in [6.07, 6.45) is 1.84. The molecular formula is C21H22N4S. The van der Waals surface area contributed by atoms with Crippen LogP contribution in [0.15, 0.2) is 66.9 Å². The van der Waals surface area contributed by atoms with E-state index in [2.05, 4.69) is 76.1 Å². The fraction of sp³-hybridized carbons (Fsp3) is 0.238. The van der Waals surface area contributed by atoms with Gasteiger partial charge in [0, 0.05) is 29.8 Å². The van der Waals surface area contributed by atoms with Gasteiger partial charge in [-0.2, -0.15) is 0 Å². The predicted molar refractivity (Wildman–Crippen MR) is 108 cm³/mol. The molecule has 26 heavy (non-hydrogen) atoms. The van der Waals surface area contributed by atoms with Gasteiger partial charge in [-0.1, -0.05) is 24.3 Å². The molecule has 0 unspecified atom stereocenters. The Morgan fingerprint density at radius 3 is 2.50 bits per heavy atom. The fourth-order valence-corrected chi connectivity index (χ4v) is 4.16. The Balaban J connectivity index is 1.85. The molecule has 4 rings (SSSR count). The second-order valence-electron chi connectivity index (χ2n) is 6.48. The number of rotatable bonds is 4. The number of aryl methyl sites for hydroxylation is 1. The summed E-state index contributed by atoms with van der Waals surface area (Å²) in [5.74, 6) is 0. The summed E-state index contributed by atoms with van der Waals surface area (Å²) in [5.41, 5.74) is 4.60. The number of thiocarbonyl (C=S) groups is 1. The molecular weight excluding hydrogens is 340 g/mol. The van der Waals surface area contributed by atoms with E-state index in [-0.39, 0.29) is 12.1 Å². The first-order chi connectivity index (χ1) is 12.7. The number of hydrogen-bond acceptors (Lipinski definition) is 2. The fourth-order valence-electron chi connectivity index (χ4n) is 3.79. The van der Waals surface area contributed by atoms with Crippen molar-refractivity contribution in [3.05, 3.63) is 83.9 Å². The molecule has 2 aromatic heterocycles. The van der Waals surface area contributed by atoms with Gasteiger partial charge in [-0.15, -0.1) is 0 Å². The molecule has 2 atom stereocenters. The van der Waals surface area contributed by atoms with Crippen LogP contribution in [0.2, 0.25) is 0 Å². The van der Waals surface area contributed by atoms with Gasteiger partial charge in [0.25, 0.3) is 0 Å². The van der Waals surface area contributed by atoms with E-state index in [0.29, 0.717) is 0 Å². The predicted octanol–water partition coefficient (Wildman–Crippen LogP) is 4.17. The summed E-state index contributed by atoms with van der Waals surface area (Å²) in [7, 11) is 0. The van der Waals surface area contributed by atoms with Crippen LogP contribution in [0.4, 0.5) is 0 Å². The summed E-state index contributed by atoms with van der Waals surface area (Å²) < 4.78 is 2.32. The standard InChI is InChI=1S/C21H22N4S/c1-3-24-20(19(23-21(24)26)17-11-7-8-14-22-17)18-13-12-15(2)25(18)16-9-5-4-6-10-16/h4-14,19-20H,3H2,1-2H3,(H,23,26)/t19-,20-/m1/s1. The first kappa shape index (κ1) is 16.8. The average molecular weight is 363 g/mol. The molecule has 0 bridgehead atoms. The molecule has 1 saturated heterocycles. The van der Waals surface area contributed by atoms with Crippen LogP contribution in [0.3, 0.4) is 0 Å². The molecule has 1 aliphatic rings. The van der Waals surface area contributed by atoms with Gasteiger partial charge in [-0.25, -0.2) is 0 Å². The van der Waals surface area contributed by atoms with Crippen molar-refractivity contribution in [2.75, 3.05) is 6.54 Å². The van der Waals surface area contributed by atoms with Gasteiger partial charge in [0.15, 0.2) is 5.11 Å². The maximum absolute atomic E-state index is 5.64. The van der Waals surface area contributed by atoms with Gasteiger partial charge in [0.2, 0.25) is 0 Å². The summed E-state index contributed by atoms with van der Waals surface area (Å²) in [6.45, 7) is 5.13. The van der Waals surface area contributed by atoms with Gasteiger partial charge in [0.05, 0.1) is 17.8 Å². The Bertz CT molecular complexity index is 904. The number of nitrogens with one attached hydrogen (secondary N) is 1. The molecule has 1 aromatic carbocycles. The second-order valence-corrected chi connectivity index (χ2v) is 6.87. The lowest BCUT2D eigenvalue weighted by atomic mass is 10.0. The minimum Gasteiger partial charge on any atom is -0.352 e. The van der Waals surface area contributed by atoms with E-state index in [1.807, 2.05) is 24.4 Å². The molecule has 4 nitrogen and oxygen atoms in total. The summed E-state index contributed by atoms with van der Waals surface area (Å²) in [4.78, 5) is 6.84. The van der Waals surface area contributed by atoms with Crippen molar-refractivity contribution in [1.82, 2.24) is 19.8 Å². The highest BCUT2D eigenvalue weighted by Gasteiger charge is 2.40. The molecule has 0 radical (unpaired) electrons. The van der Waals surface area contributed by atoms with Gasteiger partial charge in [-0.3, -0.25) is 4.98 Å². The number of pyridine rings is 1. The SMILES string of the molecule is CCN1C(=S)N[C@H](c2ccccn2)[C@H]1c1ccc(C)n1-c1ccccc1. The quantitative estimate of drug-likeness (QED) is 0.706. The molecule has 3 aromatic rings. The minimum atomic E-state index is 0.0282. The Morgan fingerprint density at radius 2 is 1.81 bits per heavy atom. The second kappa shape index (κ2) is 6.92. The number of para-hydroxylation sites is 1. The molecule has 1 aliphatic heterocycles. The van der Waals surface area contributed by atoms with Crippen molar-refractivity contribution in [2.45, 2.75) is 25.9 Å². The van der Waals surface area contributed by atoms with Gasteiger partial charge in [-0.05, 0) is 62.5 Å². The van der Waals surface area contributed by atoms with Crippen LogP contribution in [-0.2, 0) is 0 Å². The highest BCUT2D eigenvalue weighted by molar-refractivity contribution is 7.80. The van der Waals surface area contributed by atoms with E-state index < -0.39 is 0 Å². The number of benzene rings is 1. The molecule has 0 saturated carbocycles. The molecule has 3 heterocycles. The highest BCUT2D eigenvalue weighted by Crippen LogP contribution is 2.39. The topological polar surface area (TPSA) is 33.1 Å². The molecule has 0 spiro atoms. The summed E-state index contributed by atoms with van der Waals surface area (Å²) >= 11 is 5.64. The van der Waals surface area contributed by atoms with Crippen LogP contribution in [0.1, 0.15) is 36.1 Å². The maximum atomic E-state index is 5.64. The summed E-state index contributed by atoms with van der Waals surface area (Å²) in [5, 5.41) is 4.27. The van der Waals surface area contributed by atoms with Crippen molar-refractivity contribution in [3.63, 3.8) is 0 Å². The Hall–Kier alpha value is -2.66. The van der Waals surface area contributed by atoms with Crippen molar-refractivity contribution >= 4 is 17.3 Å². The van der Waals surface area contributed by atoms with Crippen molar-refractivity contribution in [1.29, 1.82) is 0 Å². The lowest BCUT2D eigenvalue weighted by molar-refractivity contribution is 0.320. The molecule has 0 aliphatic carbocycles. The molecule has 0 amide bonds. The van der Waals surface area contributed by atoms with Gasteiger partial charge < -0.3 is 14.8 Å². The maximum Gasteiger partial charge on any atom is 0.170 e. The van der Waals surface area contributed by atoms with Gasteiger partial charge >= 0.3 is 0 Å². The Kier molecular flexibility index (Phi) is 4.47. The zero-order valence-corrected chi connectivity index (χ0v) is 15.8. The van der Waals surface area contributed by atoms with Crippen LogP contribution in [0, 0.1) is 6.92 Å². The lowest BCUT2D eigenvalue weighted by Gasteiger charge is -2.28. The molecule has 1 fully saturated rings. The van der Waals surface area contributed by atoms with Crippen molar-refractivity contribution in [2.24, 2.45) is 0 Å². The van der Waals surface area contributed by atoms with Crippen LogP contribution in [0.25, 0.3) is 5.69 Å². The summed E-state index contributed by atoms with van der Waals surface area (Å²) in [6, 6.07) is 21.0. The number of nitrogens with zero attached hydrogens (tertiary/aromatic N) is 3. The third-order valence-electron chi connectivity index (χ3n) is 4.96. The van der Waals surface area contributed by atoms with Crippen molar-refractivity contribution < 1.29 is 0 Å². The van der Waals surface area contributed by atoms with Crippen LogP contribution < -0.4 is 5.32 Å². The number of likely N-dealkylation sites (N-methyl/N-ethyl adjacent to an activating group) is 1. The van der Waals surface area contributed by atoms with Gasteiger partial charge in [0.1, 0.15) is 0 Å². The first-order valence-corrected chi connectivity index (χ1v) is 9.33. The first-order valence-electron chi connectivity index (χ1n) is 8.92. The normalized spacial score (nSPS) is 19.6.